The monoisotopic (exact) mass is 287 g/mol. The van der Waals surface area contributed by atoms with Gasteiger partial charge in [-0.3, -0.25) is 0 Å². The minimum atomic E-state index is 0.704. The van der Waals surface area contributed by atoms with Crippen LogP contribution in [0.5, 0.6) is 0 Å². The molecule has 1 aliphatic rings. The third-order valence-electron chi connectivity index (χ3n) is 4.22. The summed E-state index contributed by atoms with van der Waals surface area (Å²) in [5.74, 6) is 0.917. The number of aryl methyl sites for hydroxylation is 1. The molecule has 2 aromatic heterocycles. The van der Waals surface area contributed by atoms with Gasteiger partial charge in [0, 0.05) is 31.5 Å². The summed E-state index contributed by atoms with van der Waals surface area (Å²) >= 11 is 0. The second-order valence-corrected chi connectivity index (χ2v) is 5.96. The lowest BCUT2D eigenvalue weighted by Crippen LogP contribution is -2.32. The van der Waals surface area contributed by atoms with Crippen LogP contribution in [0.2, 0.25) is 0 Å². The van der Waals surface area contributed by atoms with E-state index in [4.69, 9.17) is 0 Å². The Bertz CT molecular complexity index is 569. The van der Waals surface area contributed by atoms with Crippen molar-refractivity contribution in [2.75, 3.05) is 18.4 Å². The highest BCUT2D eigenvalue weighted by molar-refractivity contribution is 5.67. The summed E-state index contributed by atoms with van der Waals surface area (Å²) in [5.41, 5.74) is 2.06. The Balaban J connectivity index is 1.50. The van der Waals surface area contributed by atoms with Gasteiger partial charge in [-0.15, -0.1) is 0 Å². The van der Waals surface area contributed by atoms with Crippen molar-refractivity contribution >= 4 is 11.3 Å². The van der Waals surface area contributed by atoms with Gasteiger partial charge in [-0.1, -0.05) is 25.7 Å². The highest BCUT2D eigenvalue weighted by atomic mass is 15.2. The van der Waals surface area contributed by atoms with E-state index >= 15 is 0 Å². The molecular formula is C16H25N5. The van der Waals surface area contributed by atoms with E-state index in [1.807, 2.05) is 17.6 Å². The van der Waals surface area contributed by atoms with E-state index in [0.717, 1.165) is 30.1 Å². The smallest absolute Gasteiger partial charge is 0.152 e. The molecule has 0 unspecified atom stereocenters. The SMILES string of the molecule is Cc1cc2c(NCCNC3CCCCCC3)nccn2n1. The van der Waals surface area contributed by atoms with Gasteiger partial charge in [0.25, 0.3) is 0 Å². The molecule has 1 saturated carbocycles. The summed E-state index contributed by atoms with van der Waals surface area (Å²) in [5, 5.41) is 11.5. The number of nitrogens with one attached hydrogen (secondary N) is 2. The van der Waals surface area contributed by atoms with Gasteiger partial charge in [0.1, 0.15) is 5.52 Å². The van der Waals surface area contributed by atoms with Gasteiger partial charge in [-0.05, 0) is 25.8 Å². The maximum Gasteiger partial charge on any atom is 0.152 e. The Morgan fingerprint density at radius 3 is 2.81 bits per heavy atom. The lowest BCUT2D eigenvalue weighted by atomic mass is 10.1. The maximum atomic E-state index is 4.42. The molecule has 21 heavy (non-hydrogen) atoms. The molecule has 2 heterocycles. The van der Waals surface area contributed by atoms with Crippen LogP contribution in [0.3, 0.4) is 0 Å². The van der Waals surface area contributed by atoms with E-state index in [9.17, 15) is 0 Å². The molecule has 3 rings (SSSR count). The zero-order chi connectivity index (χ0) is 14.5. The van der Waals surface area contributed by atoms with E-state index in [2.05, 4.69) is 26.8 Å². The number of hydrogen-bond acceptors (Lipinski definition) is 4. The molecule has 0 aliphatic heterocycles. The highest BCUT2D eigenvalue weighted by Gasteiger charge is 2.11. The minimum Gasteiger partial charge on any atom is -0.367 e. The number of nitrogens with zero attached hydrogens (tertiary/aromatic N) is 3. The van der Waals surface area contributed by atoms with E-state index in [-0.39, 0.29) is 0 Å². The largest absolute Gasteiger partial charge is 0.367 e. The molecule has 0 aromatic carbocycles. The van der Waals surface area contributed by atoms with Crippen LogP contribution in [0.4, 0.5) is 5.82 Å². The van der Waals surface area contributed by atoms with Gasteiger partial charge in [0.05, 0.1) is 5.69 Å². The molecule has 0 atom stereocenters. The standard InChI is InChI=1S/C16H25N5/c1-13-12-15-16(19-10-11-21(15)20-13)18-9-8-17-14-6-4-2-3-5-7-14/h10-12,14,17H,2-9H2,1H3,(H,18,19). The van der Waals surface area contributed by atoms with Gasteiger partial charge in [-0.25, -0.2) is 9.50 Å². The van der Waals surface area contributed by atoms with E-state index in [1.54, 1.807) is 6.20 Å². The van der Waals surface area contributed by atoms with Crippen LogP contribution in [0.25, 0.3) is 5.52 Å². The average molecular weight is 287 g/mol. The minimum absolute atomic E-state index is 0.704. The molecule has 0 radical (unpaired) electrons. The van der Waals surface area contributed by atoms with Crippen molar-refractivity contribution < 1.29 is 0 Å². The van der Waals surface area contributed by atoms with Crippen molar-refractivity contribution in [2.45, 2.75) is 51.5 Å². The molecule has 5 nitrogen and oxygen atoms in total. The Morgan fingerprint density at radius 1 is 1.19 bits per heavy atom. The summed E-state index contributed by atoms with van der Waals surface area (Å²) in [6.45, 7) is 3.89. The van der Waals surface area contributed by atoms with E-state index < -0.39 is 0 Å². The van der Waals surface area contributed by atoms with Crippen LogP contribution in [0, 0.1) is 6.92 Å². The third-order valence-corrected chi connectivity index (χ3v) is 4.22. The quantitative estimate of drug-likeness (QED) is 0.656. The first-order chi connectivity index (χ1) is 10.3. The van der Waals surface area contributed by atoms with Gasteiger partial charge < -0.3 is 10.6 Å². The van der Waals surface area contributed by atoms with Gasteiger partial charge >= 0.3 is 0 Å². The fraction of sp³-hybridized carbons (Fsp3) is 0.625. The van der Waals surface area contributed by atoms with E-state index in [0.29, 0.717) is 6.04 Å². The van der Waals surface area contributed by atoms with Crippen LogP contribution in [0.1, 0.15) is 44.2 Å². The lowest BCUT2D eigenvalue weighted by molar-refractivity contribution is 0.468. The number of hydrogen-bond donors (Lipinski definition) is 2. The highest BCUT2D eigenvalue weighted by Crippen LogP contribution is 2.17. The van der Waals surface area contributed by atoms with Crippen molar-refractivity contribution in [1.29, 1.82) is 0 Å². The fourth-order valence-electron chi connectivity index (χ4n) is 3.12. The first kappa shape index (κ1) is 14.3. The fourth-order valence-corrected chi connectivity index (χ4v) is 3.12. The van der Waals surface area contributed by atoms with Crippen molar-refractivity contribution in [3.05, 3.63) is 24.2 Å². The van der Waals surface area contributed by atoms with Crippen molar-refractivity contribution in [2.24, 2.45) is 0 Å². The number of rotatable bonds is 5. The van der Waals surface area contributed by atoms with Crippen LogP contribution in [0.15, 0.2) is 18.5 Å². The summed E-state index contributed by atoms with van der Waals surface area (Å²) in [4.78, 5) is 4.42. The molecule has 114 valence electrons. The number of anilines is 1. The van der Waals surface area contributed by atoms with Gasteiger partial charge in [-0.2, -0.15) is 5.10 Å². The third kappa shape index (κ3) is 3.73. The summed E-state index contributed by atoms with van der Waals surface area (Å²) in [7, 11) is 0. The summed E-state index contributed by atoms with van der Waals surface area (Å²) < 4.78 is 1.88. The average Bonchev–Trinajstić information content (AvgIpc) is 2.70. The normalized spacial score (nSPS) is 17.0. The zero-order valence-electron chi connectivity index (χ0n) is 12.8. The molecular weight excluding hydrogens is 262 g/mol. The van der Waals surface area contributed by atoms with Crippen molar-refractivity contribution in [3.8, 4) is 0 Å². The van der Waals surface area contributed by atoms with Gasteiger partial charge in [0.15, 0.2) is 5.82 Å². The first-order valence-electron chi connectivity index (χ1n) is 8.11. The van der Waals surface area contributed by atoms with Crippen LogP contribution in [-0.4, -0.2) is 33.7 Å². The van der Waals surface area contributed by atoms with Crippen molar-refractivity contribution in [3.63, 3.8) is 0 Å². The predicted molar refractivity (Wildman–Crippen MR) is 85.7 cm³/mol. The second kappa shape index (κ2) is 6.89. The molecule has 5 heteroatoms. The predicted octanol–water partition coefficient (Wildman–Crippen LogP) is 2.76. The first-order valence-corrected chi connectivity index (χ1v) is 8.11. The molecule has 0 spiro atoms. The molecule has 2 N–H and O–H groups in total. The second-order valence-electron chi connectivity index (χ2n) is 5.96. The molecule has 1 fully saturated rings. The lowest BCUT2D eigenvalue weighted by Gasteiger charge is -2.16. The van der Waals surface area contributed by atoms with Crippen LogP contribution >= 0.6 is 0 Å². The Kier molecular flexibility index (Phi) is 4.70. The molecule has 0 bridgehead atoms. The molecule has 0 saturated heterocycles. The molecule has 0 amide bonds. The topological polar surface area (TPSA) is 54.2 Å². The van der Waals surface area contributed by atoms with Gasteiger partial charge in [0.2, 0.25) is 0 Å². The maximum absolute atomic E-state index is 4.42. The van der Waals surface area contributed by atoms with Crippen LogP contribution in [-0.2, 0) is 0 Å². The Morgan fingerprint density at radius 2 is 2.00 bits per heavy atom. The number of aromatic nitrogens is 3. The molecule has 1 aliphatic carbocycles. The van der Waals surface area contributed by atoms with E-state index in [1.165, 1.54) is 38.5 Å². The summed E-state index contributed by atoms with van der Waals surface area (Å²) in [6.07, 6.45) is 11.9. The van der Waals surface area contributed by atoms with Crippen molar-refractivity contribution in [1.82, 2.24) is 19.9 Å². The molecule has 2 aromatic rings. The summed E-state index contributed by atoms with van der Waals surface area (Å²) in [6, 6.07) is 2.77. The Hall–Kier alpha value is -1.62. The van der Waals surface area contributed by atoms with Crippen LogP contribution < -0.4 is 10.6 Å². The zero-order valence-corrected chi connectivity index (χ0v) is 12.8. The number of fused-ring (bicyclic) bond motifs is 1. The Labute approximate surface area is 126 Å².